The number of halogens is 2. The Balaban J connectivity index is 3.07. The van der Waals surface area contributed by atoms with Gasteiger partial charge in [0, 0.05) is 13.7 Å². The summed E-state index contributed by atoms with van der Waals surface area (Å²) in [6, 6.07) is 4.13. The van der Waals surface area contributed by atoms with Crippen molar-refractivity contribution in [1.82, 2.24) is 5.32 Å². The number of hydrogen-bond donors (Lipinski definition) is 1. The van der Waals surface area contributed by atoms with E-state index in [1.54, 1.807) is 14.0 Å². The molecule has 1 aromatic rings. The predicted octanol–water partition coefficient (Wildman–Crippen LogP) is 2.10. The molecule has 106 valence electrons. The second-order valence-electron chi connectivity index (χ2n) is 4.17. The Kier molecular flexibility index (Phi) is 5.72. The maximum Gasteiger partial charge on any atom is 0.330 e. The summed E-state index contributed by atoms with van der Waals surface area (Å²) in [7, 11) is 2.86. The molecule has 0 fully saturated rings. The topological polar surface area (TPSA) is 47.6 Å². The van der Waals surface area contributed by atoms with Crippen LogP contribution in [0.5, 0.6) is 0 Å². The molecule has 1 aromatic carbocycles. The van der Waals surface area contributed by atoms with Gasteiger partial charge in [-0.2, -0.15) is 0 Å². The van der Waals surface area contributed by atoms with Crippen LogP contribution < -0.4 is 5.32 Å². The minimum absolute atomic E-state index is 0.0406. The molecule has 0 bridgehead atoms. The lowest BCUT2D eigenvalue weighted by molar-refractivity contribution is -0.148. The largest absolute Gasteiger partial charge is 0.467 e. The van der Waals surface area contributed by atoms with Crippen LogP contribution in [0.1, 0.15) is 12.5 Å². The molecule has 0 saturated heterocycles. The van der Waals surface area contributed by atoms with Crippen molar-refractivity contribution in [3.8, 4) is 0 Å². The quantitative estimate of drug-likeness (QED) is 0.644. The van der Waals surface area contributed by atoms with Crippen molar-refractivity contribution in [2.75, 3.05) is 27.4 Å². The molecular weight excluding hydrogens is 273 g/mol. The number of ether oxygens (including phenoxy) is 2. The number of rotatable bonds is 6. The van der Waals surface area contributed by atoms with Crippen molar-refractivity contribution in [2.24, 2.45) is 0 Å². The van der Waals surface area contributed by atoms with E-state index < -0.39 is 17.3 Å². The number of carbonyl (C=O) groups is 1. The van der Waals surface area contributed by atoms with Crippen LogP contribution in [0.15, 0.2) is 18.2 Å². The Bertz CT molecular complexity index is 456. The van der Waals surface area contributed by atoms with Crippen LogP contribution in [0.3, 0.4) is 0 Å². The summed E-state index contributed by atoms with van der Waals surface area (Å²) in [5.41, 5.74) is -0.577. The first-order valence-electron chi connectivity index (χ1n) is 5.73. The first kappa shape index (κ1) is 15.9. The Labute approximate surface area is 116 Å². The van der Waals surface area contributed by atoms with E-state index in [1.165, 1.54) is 25.3 Å². The molecule has 0 heterocycles. The molecule has 1 N–H and O–H groups in total. The number of carbonyl (C=O) groups excluding carboxylic acids is 1. The molecule has 0 aliphatic carbocycles. The van der Waals surface area contributed by atoms with E-state index in [4.69, 9.17) is 21.1 Å². The third-order valence-electron chi connectivity index (χ3n) is 2.88. The predicted molar refractivity (Wildman–Crippen MR) is 70.7 cm³/mol. The van der Waals surface area contributed by atoms with E-state index in [0.717, 1.165) is 0 Å². The van der Waals surface area contributed by atoms with Crippen molar-refractivity contribution in [3.05, 3.63) is 34.6 Å². The van der Waals surface area contributed by atoms with E-state index in [1.807, 2.05) is 0 Å². The number of benzene rings is 1. The van der Waals surface area contributed by atoms with Gasteiger partial charge in [0.15, 0.2) is 0 Å². The van der Waals surface area contributed by atoms with Crippen molar-refractivity contribution >= 4 is 17.6 Å². The van der Waals surface area contributed by atoms with Crippen LogP contribution in [-0.2, 0) is 19.8 Å². The van der Waals surface area contributed by atoms with Gasteiger partial charge in [-0.3, -0.25) is 5.32 Å². The highest BCUT2D eigenvalue weighted by Crippen LogP contribution is 2.26. The van der Waals surface area contributed by atoms with Gasteiger partial charge < -0.3 is 9.47 Å². The van der Waals surface area contributed by atoms with Gasteiger partial charge in [-0.05, 0) is 24.6 Å². The fourth-order valence-corrected chi connectivity index (χ4v) is 1.89. The first-order chi connectivity index (χ1) is 8.95. The standard InChI is InChI=1S/C13H17ClFNO3/c1-13(12(17)19-3,16-6-7-18-2)9-4-5-11(15)10(14)8-9/h4-5,8,16H,6-7H2,1-3H3. The maximum atomic E-state index is 13.2. The van der Waals surface area contributed by atoms with E-state index in [-0.39, 0.29) is 5.02 Å². The lowest BCUT2D eigenvalue weighted by Crippen LogP contribution is -2.48. The fraction of sp³-hybridized carbons (Fsp3) is 0.462. The Morgan fingerprint density at radius 3 is 2.68 bits per heavy atom. The van der Waals surface area contributed by atoms with Crippen molar-refractivity contribution in [3.63, 3.8) is 0 Å². The Morgan fingerprint density at radius 2 is 2.16 bits per heavy atom. The number of esters is 1. The van der Waals surface area contributed by atoms with Crippen molar-refractivity contribution in [2.45, 2.75) is 12.5 Å². The minimum Gasteiger partial charge on any atom is -0.467 e. The molecule has 0 saturated carbocycles. The smallest absolute Gasteiger partial charge is 0.330 e. The van der Waals surface area contributed by atoms with Crippen LogP contribution in [-0.4, -0.2) is 33.3 Å². The molecule has 0 amide bonds. The summed E-state index contributed by atoms with van der Waals surface area (Å²) in [4.78, 5) is 12.0. The monoisotopic (exact) mass is 289 g/mol. The maximum absolute atomic E-state index is 13.2. The van der Waals surface area contributed by atoms with Crippen LogP contribution in [0.4, 0.5) is 4.39 Å². The fourth-order valence-electron chi connectivity index (χ4n) is 1.71. The van der Waals surface area contributed by atoms with Gasteiger partial charge in [0.2, 0.25) is 0 Å². The summed E-state index contributed by atoms with van der Waals surface area (Å²) in [6.07, 6.45) is 0. The van der Waals surface area contributed by atoms with Crippen LogP contribution in [0.2, 0.25) is 5.02 Å². The van der Waals surface area contributed by atoms with Gasteiger partial charge in [0.1, 0.15) is 11.4 Å². The molecule has 1 unspecified atom stereocenters. The van der Waals surface area contributed by atoms with Gasteiger partial charge in [0.05, 0.1) is 18.7 Å². The third-order valence-corrected chi connectivity index (χ3v) is 3.16. The molecule has 0 aliphatic rings. The molecule has 0 aromatic heterocycles. The highest BCUT2D eigenvalue weighted by atomic mass is 35.5. The molecule has 4 nitrogen and oxygen atoms in total. The van der Waals surface area contributed by atoms with Crippen LogP contribution in [0, 0.1) is 5.82 Å². The van der Waals surface area contributed by atoms with Crippen molar-refractivity contribution < 1.29 is 18.7 Å². The summed E-state index contributed by atoms with van der Waals surface area (Å²) in [6.45, 7) is 2.52. The SMILES string of the molecule is COCCNC(C)(C(=O)OC)c1ccc(F)c(Cl)c1. The zero-order valence-electron chi connectivity index (χ0n) is 11.1. The number of nitrogens with one attached hydrogen (secondary N) is 1. The van der Waals surface area contributed by atoms with Gasteiger partial charge >= 0.3 is 5.97 Å². The van der Waals surface area contributed by atoms with Gasteiger partial charge in [-0.15, -0.1) is 0 Å². The molecule has 0 spiro atoms. The molecule has 1 rings (SSSR count). The Morgan fingerprint density at radius 1 is 1.47 bits per heavy atom. The lowest BCUT2D eigenvalue weighted by atomic mass is 9.92. The van der Waals surface area contributed by atoms with Crippen molar-refractivity contribution in [1.29, 1.82) is 0 Å². The normalized spacial score (nSPS) is 13.9. The number of methoxy groups -OCH3 is 2. The minimum atomic E-state index is -1.11. The molecule has 19 heavy (non-hydrogen) atoms. The Hall–Kier alpha value is -1.17. The highest BCUT2D eigenvalue weighted by molar-refractivity contribution is 6.30. The zero-order chi connectivity index (χ0) is 14.5. The third kappa shape index (κ3) is 3.65. The van der Waals surface area contributed by atoms with Gasteiger partial charge in [-0.1, -0.05) is 17.7 Å². The molecular formula is C13H17ClFNO3. The molecule has 0 aliphatic heterocycles. The summed E-state index contributed by atoms with van der Waals surface area (Å²) >= 11 is 5.75. The molecule has 6 heteroatoms. The molecule has 1 atom stereocenters. The summed E-state index contributed by atoms with van der Waals surface area (Å²) in [5, 5.41) is 2.99. The molecule has 0 radical (unpaired) electrons. The van der Waals surface area contributed by atoms with Crippen LogP contribution in [0.25, 0.3) is 0 Å². The average molecular weight is 290 g/mol. The zero-order valence-corrected chi connectivity index (χ0v) is 11.9. The van der Waals surface area contributed by atoms with E-state index in [0.29, 0.717) is 18.7 Å². The second kappa shape index (κ2) is 6.84. The van der Waals surface area contributed by atoms with E-state index >= 15 is 0 Å². The van der Waals surface area contributed by atoms with Gasteiger partial charge in [-0.25, -0.2) is 9.18 Å². The second-order valence-corrected chi connectivity index (χ2v) is 4.57. The average Bonchev–Trinajstić information content (AvgIpc) is 2.40. The van der Waals surface area contributed by atoms with Crippen LogP contribution >= 0.6 is 11.6 Å². The first-order valence-corrected chi connectivity index (χ1v) is 6.11. The highest BCUT2D eigenvalue weighted by Gasteiger charge is 2.36. The number of hydrogen-bond acceptors (Lipinski definition) is 4. The van der Waals surface area contributed by atoms with Gasteiger partial charge in [0.25, 0.3) is 0 Å². The summed E-state index contributed by atoms with van der Waals surface area (Å²) < 4.78 is 22.9. The summed E-state index contributed by atoms with van der Waals surface area (Å²) in [5.74, 6) is -1.01. The van der Waals surface area contributed by atoms with E-state index in [2.05, 4.69) is 5.32 Å². The van der Waals surface area contributed by atoms with E-state index in [9.17, 15) is 9.18 Å². The lowest BCUT2D eigenvalue weighted by Gasteiger charge is -2.28.